The van der Waals surface area contributed by atoms with Crippen LogP contribution in [0, 0.1) is 0 Å². The second kappa shape index (κ2) is 7.35. The highest BCUT2D eigenvalue weighted by atomic mass is 32.2. The minimum atomic E-state index is -3.76. The van der Waals surface area contributed by atoms with Gasteiger partial charge in [-0.3, -0.25) is 9.10 Å². The van der Waals surface area contributed by atoms with Crippen LogP contribution >= 0.6 is 0 Å². The minimum Gasteiger partial charge on any atom is -0.449 e. The number of benzene rings is 2. The van der Waals surface area contributed by atoms with Gasteiger partial charge in [-0.05, 0) is 43.3 Å². The Kier molecular flexibility index (Phi) is 5.43. The molecule has 2 aromatic rings. The van der Waals surface area contributed by atoms with E-state index in [1.165, 1.54) is 38.2 Å². The highest BCUT2D eigenvalue weighted by Crippen LogP contribution is 2.22. The highest BCUT2D eigenvalue weighted by Gasteiger charge is 2.22. The zero-order chi connectivity index (χ0) is 18.6. The fraction of sp³-hybridized carbons (Fsp3) is 0.176. The molecule has 1 atom stereocenters. The van der Waals surface area contributed by atoms with E-state index in [9.17, 15) is 18.0 Å². The first-order valence-electron chi connectivity index (χ1n) is 7.38. The number of carbonyl (C=O) groups excluding carboxylic acids is 2. The van der Waals surface area contributed by atoms with Crippen LogP contribution in [0.25, 0.3) is 0 Å². The molecule has 0 fully saturated rings. The molecule has 7 nitrogen and oxygen atoms in total. The third-order valence-corrected chi connectivity index (χ3v) is 5.35. The number of sulfonamides is 1. The lowest BCUT2D eigenvalue weighted by Gasteiger charge is -2.19. The van der Waals surface area contributed by atoms with Crippen molar-refractivity contribution < 1.29 is 22.7 Å². The summed E-state index contributed by atoms with van der Waals surface area (Å²) < 4.78 is 31.3. The van der Waals surface area contributed by atoms with E-state index in [2.05, 4.69) is 0 Å². The first-order chi connectivity index (χ1) is 11.7. The third kappa shape index (κ3) is 4.16. The van der Waals surface area contributed by atoms with Crippen LogP contribution in [0.15, 0.2) is 59.5 Å². The highest BCUT2D eigenvalue weighted by molar-refractivity contribution is 7.92. The molecule has 132 valence electrons. The van der Waals surface area contributed by atoms with Gasteiger partial charge in [0.25, 0.3) is 15.9 Å². The first-order valence-corrected chi connectivity index (χ1v) is 8.82. The lowest BCUT2D eigenvalue weighted by atomic mass is 10.2. The van der Waals surface area contributed by atoms with Crippen LogP contribution < -0.4 is 10.0 Å². The quantitative estimate of drug-likeness (QED) is 0.785. The fourth-order valence-electron chi connectivity index (χ4n) is 1.98. The summed E-state index contributed by atoms with van der Waals surface area (Å²) in [5.41, 5.74) is 5.67. The van der Waals surface area contributed by atoms with Crippen LogP contribution in [0.1, 0.15) is 17.3 Å². The average Bonchev–Trinajstić information content (AvgIpc) is 2.61. The molecular weight excluding hydrogens is 344 g/mol. The number of amides is 1. The molecule has 0 saturated heterocycles. The van der Waals surface area contributed by atoms with Gasteiger partial charge in [0, 0.05) is 7.05 Å². The van der Waals surface area contributed by atoms with E-state index in [4.69, 9.17) is 10.5 Å². The van der Waals surface area contributed by atoms with Crippen LogP contribution in [0.5, 0.6) is 0 Å². The molecule has 0 aromatic heterocycles. The summed E-state index contributed by atoms with van der Waals surface area (Å²) >= 11 is 0. The molecule has 0 radical (unpaired) electrons. The summed E-state index contributed by atoms with van der Waals surface area (Å²) in [5.74, 6) is -1.52. The van der Waals surface area contributed by atoms with Crippen LogP contribution in [-0.4, -0.2) is 33.4 Å². The van der Waals surface area contributed by atoms with Gasteiger partial charge in [0.15, 0.2) is 6.10 Å². The topological polar surface area (TPSA) is 107 Å². The Morgan fingerprint density at radius 3 is 2.12 bits per heavy atom. The molecular formula is C17H18N2O5S. The third-order valence-electron chi connectivity index (χ3n) is 3.55. The average molecular weight is 362 g/mol. The fourth-order valence-corrected chi connectivity index (χ4v) is 3.18. The molecule has 0 heterocycles. The monoisotopic (exact) mass is 362 g/mol. The van der Waals surface area contributed by atoms with Gasteiger partial charge < -0.3 is 10.5 Å². The Labute approximate surface area is 146 Å². The number of primary amides is 1. The maximum Gasteiger partial charge on any atom is 0.338 e. The number of esters is 1. The summed E-state index contributed by atoms with van der Waals surface area (Å²) in [6.45, 7) is 1.36. The summed E-state index contributed by atoms with van der Waals surface area (Å²) in [6.07, 6.45) is -1.07. The second-order valence-electron chi connectivity index (χ2n) is 5.28. The van der Waals surface area contributed by atoms with Crippen molar-refractivity contribution in [3.63, 3.8) is 0 Å². The second-order valence-corrected chi connectivity index (χ2v) is 7.25. The maximum absolute atomic E-state index is 12.6. The summed E-state index contributed by atoms with van der Waals surface area (Å²) in [4.78, 5) is 22.8. The van der Waals surface area contributed by atoms with Crippen LogP contribution in [-0.2, 0) is 19.6 Å². The lowest BCUT2D eigenvalue weighted by molar-refractivity contribution is -0.125. The van der Waals surface area contributed by atoms with Crippen molar-refractivity contribution in [2.75, 3.05) is 11.4 Å². The van der Waals surface area contributed by atoms with Crippen molar-refractivity contribution in [1.82, 2.24) is 0 Å². The van der Waals surface area contributed by atoms with Crippen molar-refractivity contribution in [3.8, 4) is 0 Å². The van der Waals surface area contributed by atoms with E-state index in [0.29, 0.717) is 5.69 Å². The standard InChI is InChI=1S/C17H18N2O5S/c1-12(16(18)20)24-17(21)13-8-10-15(11-9-13)25(22,23)19(2)14-6-4-3-5-7-14/h3-12H,1-2H3,(H2,18,20). The van der Waals surface area contributed by atoms with Gasteiger partial charge in [-0.15, -0.1) is 0 Å². The number of hydrogen-bond donors (Lipinski definition) is 1. The Balaban J connectivity index is 2.21. The summed E-state index contributed by atoms with van der Waals surface area (Å²) in [7, 11) is -2.32. The van der Waals surface area contributed by atoms with Gasteiger partial charge in [0.2, 0.25) is 0 Å². The number of anilines is 1. The molecule has 25 heavy (non-hydrogen) atoms. The molecule has 0 aliphatic rings. The molecule has 2 rings (SSSR count). The van der Waals surface area contributed by atoms with Crippen molar-refractivity contribution in [2.45, 2.75) is 17.9 Å². The normalized spacial score (nSPS) is 12.2. The van der Waals surface area contributed by atoms with E-state index < -0.39 is 28.0 Å². The molecule has 0 aliphatic carbocycles. The lowest BCUT2D eigenvalue weighted by Crippen LogP contribution is -2.30. The minimum absolute atomic E-state index is 0.0263. The zero-order valence-electron chi connectivity index (χ0n) is 13.7. The van der Waals surface area contributed by atoms with E-state index >= 15 is 0 Å². The largest absolute Gasteiger partial charge is 0.449 e. The van der Waals surface area contributed by atoms with Gasteiger partial charge in [-0.1, -0.05) is 18.2 Å². The Bertz CT molecular complexity index is 864. The van der Waals surface area contributed by atoms with Gasteiger partial charge in [-0.2, -0.15) is 0 Å². The number of para-hydroxylation sites is 1. The van der Waals surface area contributed by atoms with E-state index in [1.54, 1.807) is 30.3 Å². The first kappa shape index (κ1) is 18.5. The van der Waals surface area contributed by atoms with Gasteiger partial charge in [-0.25, -0.2) is 13.2 Å². The van der Waals surface area contributed by atoms with E-state index in [1.807, 2.05) is 0 Å². The summed E-state index contributed by atoms with van der Waals surface area (Å²) in [5, 5.41) is 0. The predicted molar refractivity (Wildman–Crippen MR) is 92.5 cm³/mol. The molecule has 0 spiro atoms. The van der Waals surface area contributed by atoms with Gasteiger partial charge in [0.1, 0.15) is 0 Å². The van der Waals surface area contributed by atoms with Gasteiger partial charge >= 0.3 is 5.97 Å². The predicted octanol–water partition coefficient (Wildman–Crippen LogP) is 1.54. The van der Waals surface area contributed by atoms with Crippen molar-refractivity contribution in [3.05, 3.63) is 60.2 Å². The Morgan fingerprint density at radius 2 is 1.60 bits per heavy atom. The molecule has 0 saturated carbocycles. The Hall–Kier alpha value is -2.87. The number of nitrogens with two attached hydrogens (primary N) is 1. The van der Waals surface area contributed by atoms with Crippen LogP contribution in [0.3, 0.4) is 0 Å². The molecule has 1 unspecified atom stereocenters. The Morgan fingerprint density at radius 1 is 1.04 bits per heavy atom. The molecule has 1 amide bonds. The number of rotatable bonds is 6. The van der Waals surface area contributed by atoms with E-state index in [0.717, 1.165) is 4.31 Å². The number of hydrogen-bond acceptors (Lipinski definition) is 5. The smallest absolute Gasteiger partial charge is 0.338 e. The van der Waals surface area contributed by atoms with Crippen LogP contribution in [0.4, 0.5) is 5.69 Å². The van der Waals surface area contributed by atoms with E-state index in [-0.39, 0.29) is 10.5 Å². The molecule has 0 bridgehead atoms. The van der Waals surface area contributed by atoms with Crippen molar-refractivity contribution >= 4 is 27.6 Å². The molecule has 0 aliphatic heterocycles. The van der Waals surface area contributed by atoms with Crippen molar-refractivity contribution in [1.29, 1.82) is 0 Å². The number of nitrogens with zero attached hydrogens (tertiary/aromatic N) is 1. The molecule has 8 heteroatoms. The van der Waals surface area contributed by atoms with Crippen LogP contribution in [0.2, 0.25) is 0 Å². The molecule has 2 aromatic carbocycles. The SMILES string of the molecule is CC(OC(=O)c1ccc(S(=O)(=O)N(C)c2ccccc2)cc1)C(N)=O. The van der Waals surface area contributed by atoms with Crippen molar-refractivity contribution in [2.24, 2.45) is 5.73 Å². The van der Waals surface area contributed by atoms with Gasteiger partial charge in [0.05, 0.1) is 16.1 Å². The number of ether oxygens (including phenoxy) is 1. The summed E-state index contributed by atoms with van der Waals surface area (Å²) in [6, 6.07) is 13.9. The zero-order valence-corrected chi connectivity index (χ0v) is 14.6. The maximum atomic E-state index is 12.6. The number of carbonyl (C=O) groups is 2. The molecule has 2 N–H and O–H groups in total.